The predicted molar refractivity (Wildman–Crippen MR) is 133 cm³/mol. The lowest BCUT2D eigenvalue weighted by Crippen LogP contribution is -2.30. The van der Waals surface area contributed by atoms with Gasteiger partial charge in [-0.05, 0) is 74.4 Å². The maximum absolute atomic E-state index is 13.1. The van der Waals surface area contributed by atoms with Gasteiger partial charge in [-0.25, -0.2) is 8.42 Å². The maximum atomic E-state index is 13.1. The molecule has 0 bridgehead atoms. The first-order chi connectivity index (χ1) is 16.3. The molecule has 7 nitrogen and oxygen atoms in total. The molecule has 0 aliphatic rings. The van der Waals surface area contributed by atoms with Gasteiger partial charge in [0.2, 0.25) is 0 Å². The summed E-state index contributed by atoms with van der Waals surface area (Å²) < 4.78 is 39.1. The van der Waals surface area contributed by atoms with Crippen molar-refractivity contribution in [3.8, 4) is 11.5 Å². The number of ether oxygens (including phenoxy) is 2. The highest BCUT2D eigenvalue weighted by Crippen LogP contribution is 2.29. The number of aryl methyl sites for hydroxylation is 1. The first-order valence-corrected chi connectivity index (χ1v) is 12.5. The molecule has 1 N–H and O–H groups in total. The number of nitrogens with zero attached hydrogens (tertiary/aromatic N) is 1. The van der Waals surface area contributed by atoms with Crippen molar-refractivity contribution in [2.75, 3.05) is 25.0 Å². The molecule has 0 heterocycles. The van der Waals surface area contributed by atoms with Gasteiger partial charge >= 0.3 is 0 Å². The Kier molecular flexibility index (Phi) is 8.17. The molecular weight excluding hydrogens is 452 g/mol. The highest BCUT2D eigenvalue weighted by molar-refractivity contribution is 7.92. The van der Waals surface area contributed by atoms with Crippen molar-refractivity contribution < 1.29 is 22.7 Å². The molecule has 0 unspecified atom stereocenters. The van der Waals surface area contributed by atoms with Crippen LogP contribution in [0.3, 0.4) is 0 Å². The minimum absolute atomic E-state index is 0.0894. The molecule has 0 saturated heterocycles. The number of rotatable bonds is 10. The first-order valence-electron chi connectivity index (χ1n) is 11.1. The molecule has 0 atom stereocenters. The normalized spacial score (nSPS) is 11.1. The molecule has 0 aromatic heterocycles. The lowest BCUT2D eigenvalue weighted by atomic mass is 10.1. The van der Waals surface area contributed by atoms with E-state index < -0.39 is 10.0 Å². The third kappa shape index (κ3) is 5.88. The fourth-order valence-electron chi connectivity index (χ4n) is 3.48. The van der Waals surface area contributed by atoms with Gasteiger partial charge in [0, 0.05) is 18.7 Å². The molecule has 8 heteroatoms. The highest BCUT2D eigenvalue weighted by Gasteiger charge is 2.19. The van der Waals surface area contributed by atoms with Gasteiger partial charge in [0.15, 0.2) is 11.5 Å². The van der Waals surface area contributed by atoms with Crippen LogP contribution >= 0.6 is 0 Å². The third-order valence-electron chi connectivity index (χ3n) is 5.37. The Labute approximate surface area is 201 Å². The van der Waals surface area contributed by atoms with Crippen LogP contribution in [0.25, 0.3) is 0 Å². The molecule has 180 valence electrons. The monoisotopic (exact) mass is 482 g/mol. The number of para-hydroxylation sites is 1. The zero-order chi connectivity index (χ0) is 24.7. The second-order valence-electron chi connectivity index (χ2n) is 7.68. The van der Waals surface area contributed by atoms with Crippen LogP contribution in [0, 0.1) is 6.92 Å². The summed E-state index contributed by atoms with van der Waals surface area (Å²) in [4.78, 5) is 14.9. The van der Waals surface area contributed by atoms with Crippen molar-refractivity contribution in [2.24, 2.45) is 0 Å². The number of amides is 1. The molecule has 1 amide bonds. The lowest BCUT2D eigenvalue weighted by molar-refractivity contribution is 0.0752. The van der Waals surface area contributed by atoms with Crippen LogP contribution < -0.4 is 14.2 Å². The van der Waals surface area contributed by atoms with E-state index in [0.29, 0.717) is 42.4 Å². The quantitative estimate of drug-likeness (QED) is 0.446. The lowest BCUT2D eigenvalue weighted by Gasteiger charge is -2.22. The Balaban J connectivity index is 1.75. The minimum Gasteiger partial charge on any atom is -0.493 e. The van der Waals surface area contributed by atoms with Gasteiger partial charge in [0.1, 0.15) is 0 Å². The molecule has 0 radical (unpaired) electrons. The van der Waals surface area contributed by atoms with Crippen LogP contribution in [0.5, 0.6) is 11.5 Å². The maximum Gasteiger partial charge on any atom is 0.261 e. The van der Waals surface area contributed by atoms with E-state index in [1.807, 2.05) is 51.1 Å². The number of nitrogens with one attached hydrogen (secondary N) is 1. The van der Waals surface area contributed by atoms with E-state index in [2.05, 4.69) is 4.72 Å². The van der Waals surface area contributed by atoms with E-state index in [1.54, 1.807) is 24.1 Å². The Morgan fingerprint density at radius 2 is 1.68 bits per heavy atom. The molecule has 0 fully saturated rings. The number of hydrogen-bond donors (Lipinski definition) is 1. The van der Waals surface area contributed by atoms with Crippen molar-refractivity contribution in [3.63, 3.8) is 0 Å². The number of carbonyl (C=O) groups is 1. The third-order valence-corrected chi connectivity index (χ3v) is 6.75. The fraction of sp³-hybridized carbons (Fsp3) is 0.269. The summed E-state index contributed by atoms with van der Waals surface area (Å²) >= 11 is 0. The molecule has 34 heavy (non-hydrogen) atoms. The summed E-state index contributed by atoms with van der Waals surface area (Å²) in [7, 11) is -2.19. The largest absolute Gasteiger partial charge is 0.493 e. The molecule has 0 aliphatic heterocycles. The molecule has 3 aromatic carbocycles. The molecule has 3 rings (SSSR count). The first kappa shape index (κ1) is 25.1. The Morgan fingerprint density at radius 3 is 2.29 bits per heavy atom. The van der Waals surface area contributed by atoms with Crippen molar-refractivity contribution in [1.29, 1.82) is 0 Å². The number of methoxy groups -OCH3 is 1. The van der Waals surface area contributed by atoms with Crippen LogP contribution in [0.4, 0.5) is 5.69 Å². The van der Waals surface area contributed by atoms with E-state index in [4.69, 9.17) is 9.47 Å². The van der Waals surface area contributed by atoms with Crippen molar-refractivity contribution in [3.05, 3.63) is 83.4 Å². The van der Waals surface area contributed by atoms with E-state index in [0.717, 1.165) is 11.1 Å². The zero-order valence-corrected chi connectivity index (χ0v) is 20.7. The number of benzene rings is 3. The van der Waals surface area contributed by atoms with Crippen molar-refractivity contribution >= 4 is 21.6 Å². The van der Waals surface area contributed by atoms with Crippen molar-refractivity contribution in [2.45, 2.75) is 32.2 Å². The van der Waals surface area contributed by atoms with Crippen LogP contribution in [0.15, 0.2) is 71.6 Å². The Morgan fingerprint density at radius 1 is 0.971 bits per heavy atom. The standard InChI is InChI=1S/C26H30N2O5S/c1-5-28(18-20-11-16-24(33-6-2)25(17-20)32-4)26(29)21-12-14-22(15-13-21)34(30,31)27-23-10-8-7-9-19(23)3/h7-17,27H,5-6,18H2,1-4H3. The summed E-state index contributed by atoms with van der Waals surface area (Å²) in [5.41, 5.74) is 2.65. The second kappa shape index (κ2) is 11.1. The molecule has 0 spiro atoms. The Hall–Kier alpha value is -3.52. The van der Waals surface area contributed by atoms with Gasteiger partial charge in [-0.15, -0.1) is 0 Å². The minimum atomic E-state index is -3.77. The highest BCUT2D eigenvalue weighted by atomic mass is 32.2. The molecular formula is C26H30N2O5S. The Bertz CT molecular complexity index is 1240. The van der Waals surface area contributed by atoms with Gasteiger partial charge in [0.25, 0.3) is 15.9 Å². The van der Waals surface area contributed by atoms with E-state index in [-0.39, 0.29) is 10.8 Å². The molecule has 3 aromatic rings. The van der Waals surface area contributed by atoms with Gasteiger partial charge in [-0.3, -0.25) is 9.52 Å². The van der Waals surface area contributed by atoms with E-state index in [9.17, 15) is 13.2 Å². The summed E-state index contributed by atoms with van der Waals surface area (Å²) in [6, 6.07) is 18.7. The summed E-state index contributed by atoms with van der Waals surface area (Å²) in [5.74, 6) is 1.07. The zero-order valence-electron chi connectivity index (χ0n) is 19.9. The average molecular weight is 483 g/mol. The number of anilines is 1. The van der Waals surface area contributed by atoms with Crippen LogP contribution in [0.2, 0.25) is 0 Å². The second-order valence-corrected chi connectivity index (χ2v) is 9.36. The molecule has 0 aliphatic carbocycles. The number of sulfonamides is 1. The summed E-state index contributed by atoms with van der Waals surface area (Å²) in [6.07, 6.45) is 0. The van der Waals surface area contributed by atoms with Crippen LogP contribution in [0.1, 0.15) is 35.3 Å². The van der Waals surface area contributed by atoms with Crippen LogP contribution in [-0.4, -0.2) is 39.5 Å². The van der Waals surface area contributed by atoms with Crippen molar-refractivity contribution in [1.82, 2.24) is 4.90 Å². The number of carbonyl (C=O) groups excluding carboxylic acids is 1. The summed E-state index contributed by atoms with van der Waals surface area (Å²) in [6.45, 7) is 7.03. The number of hydrogen-bond acceptors (Lipinski definition) is 5. The fourth-order valence-corrected chi connectivity index (χ4v) is 4.61. The van der Waals surface area contributed by atoms with E-state index >= 15 is 0 Å². The van der Waals surface area contributed by atoms with Gasteiger partial charge in [0.05, 0.1) is 24.3 Å². The predicted octanol–water partition coefficient (Wildman–Crippen LogP) is 4.87. The van der Waals surface area contributed by atoms with Crippen LogP contribution in [-0.2, 0) is 16.6 Å². The SMILES string of the molecule is CCOc1ccc(CN(CC)C(=O)c2ccc(S(=O)(=O)Nc3ccccc3C)cc2)cc1OC. The summed E-state index contributed by atoms with van der Waals surface area (Å²) in [5, 5.41) is 0. The average Bonchev–Trinajstić information content (AvgIpc) is 2.84. The molecule has 0 saturated carbocycles. The smallest absolute Gasteiger partial charge is 0.261 e. The van der Waals surface area contributed by atoms with Gasteiger partial charge < -0.3 is 14.4 Å². The van der Waals surface area contributed by atoms with Gasteiger partial charge in [-0.2, -0.15) is 0 Å². The topological polar surface area (TPSA) is 84.9 Å². The van der Waals surface area contributed by atoms with Gasteiger partial charge in [-0.1, -0.05) is 24.3 Å². The van der Waals surface area contributed by atoms with E-state index in [1.165, 1.54) is 24.3 Å².